The third-order valence-corrected chi connectivity index (χ3v) is 3.88. The van der Waals surface area contributed by atoms with Crippen LogP contribution in [0.2, 0.25) is 0 Å². The molecule has 0 N–H and O–H groups in total. The molecule has 5 nitrogen and oxygen atoms in total. The molecule has 0 saturated carbocycles. The third kappa shape index (κ3) is 2.96. The Balaban J connectivity index is 1.61. The van der Waals surface area contributed by atoms with E-state index < -0.39 is 0 Å². The lowest BCUT2D eigenvalue weighted by Gasteiger charge is -2.37. The fraction of sp³-hybridized carbons (Fsp3) is 0.438. The molecule has 1 aromatic carbocycles. The Bertz CT molecular complexity index is 548. The molecule has 1 aromatic rings. The first kappa shape index (κ1) is 13.8. The summed E-state index contributed by atoms with van der Waals surface area (Å²) in [5.41, 5.74) is 2.52. The topological polar surface area (TPSA) is 42.0 Å². The molecular weight excluding hydrogens is 268 g/mol. The number of piperazine rings is 1. The molecule has 5 heteroatoms. The van der Waals surface area contributed by atoms with E-state index in [-0.39, 0.29) is 5.91 Å². The van der Waals surface area contributed by atoms with Gasteiger partial charge in [0, 0.05) is 31.9 Å². The normalized spacial score (nSPS) is 18.6. The maximum absolute atomic E-state index is 12.3. The Morgan fingerprint density at radius 1 is 1.10 bits per heavy atom. The zero-order valence-corrected chi connectivity index (χ0v) is 12.2. The number of anilines is 1. The Morgan fingerprint density at radius 2 is 1.86 bits per heavy atom. The van der Waals surface area contributed by atoms with Crippen molar-refractivity contribution in [2.24, 2.45) is 0 Å². The summed E-state index contributed by atoms with van der Waals surface area (Å²) in [6.45, 7) is 6.15. The second kappa shape index (κ2) is 6.08. The van der Waals surface area contributed by atoms with Crippen LogP contribution < -0.4 is 4.90 Å². The van der Waals surface area contributed by atoms with E-state index >= 15 is 0 Å². The molecule has 21 heavy (non-hydrogen) atoms. The maximum atomic E-state index is 12.3. The highest BCUT2D eigenvalue weighted by molar-refractivity contribution is 5.91. The van der Waals surface area contributed by atoms with Gasteiger partial charge in [-0.3, -0.25) is 4.79 Å². The first-order chi connectivity index (χ1) is 10.3. The Hall–Kier alpha value is -2.17. The van der Waals surface area contributed by atoms with Crippen LogP contribution in [0.1, 0.15) is 5.56 Å². The van der Waals surface area contributed by atoms with Gasteiger partial charge in [-0.1, -0.05) is 18.2 Å². The highest BCUT2D eigenvalue weighted by Gasteiger charge is 2.26. The predicted octanol–water partition coefficient (Wildman–Crippen LogP) is 1.53. The SMILES string of the molecule is Cc1ccccc1N1CCN(C(=O)C2=COCCO2)CC1. The van der Waals surface area contributed by atoms with Crippen LogP contribution >= 0.6 is 0 Å². The van der Waals surface area contributed by atoms with Crippen LogP contribution in [0.15, 0.2) is 36.3 Å². The molecule has 2 aliphatic rings. The Labute approximate surface area is 124 Å². The second-order valence-electron chi connectivity index (χ2n) is 5.27. The zero-order chi connectivity index (χ0) is 14.7. The molecule has 1 fully saturated rings. The van der Waals surface area contributed by atoms with Gasteiger partial charge < -0.3 is 19.3 Å². The van der Waals surface area contributed by atoms with Gasteiger partial charge in [0.2, 0.25) is 5.76 Å². The lowest BCUT2D eigenvalue weighted by atomic mass is 10.1. The minimum absolute atomic E-state index is 0.0702. The van der Waals surface area contributed by atoms with E-state index in [1.807, 2.05) is 11.0 Å². The Morgan fingerprint density at radius 3 is 2.52 bits per heavy atom. The van der Waals surface area contributed by atoms with Crippen molar-refractivity contribution in [3.63, 3.8) is 0 Å². The standard InChI is InChI=1S/C16H20N2O3/c1-13-4-2-3-5-14(13)17-6-8-18(9-7-17)16(19)15-12-20-10-11-21-15/h2-5,12H,6-11H2,1H3. The molecule has 1 amide bonds. The van der Waals surface area contributed by atoms with Crippen LogP contribution in [0.25, 0.3) is 0 Å². The van der Waals surface area contributed by atoms with Crippen LogP contribution in [-0.4, -0.2) is 50.2 Å². The van der Waals surface area contributed by atoms with Crippen LogP contribution in [-0.2, 0) is 14.3 Å². The molecular formula is C16H20N2O3. The fourth-order valence-corrected chi connectivity index (χ4v) is 2.71. The summed E-state index contributed by atoms with van der Waals surface area (Å²) in [5, 5.41) is 0. The van der Waals surface area contributed by atoms with Gasteiger partial charge in [0.25, 0.3) is 5.91 Å². The highest BCUT2D eigenvalue weighted by atomic mass is 16.6. The van der Waals surface area contributed by atoms with Gasteiger partial charge in [-0.15, -0.1) is 0 Å². The molecule has 2 aliphatic heterocycles. The summed E-state index contributed by atoms with van der Waals surface area (Å²) in [7, 11) is 0. The number of aryl methyl sites for hydroxylation is 1. The predicted molar refractivity (Wildman–Crippen MR) is 80.0 cm³/mol. The smallest absolute Gasteiger partial charge is 0.292 e. The number of hydrogen-bond donors (Lipinski definition) is 0. The van der Waals surface area contributed by atoms with Crippen molar-refractivity contribution in [1.82, 2.24) is 4.90 Å². The summed E-state index contributed by atoms with van der Waals surface area (Å²) < 4.78 is 10.5. The lowest BCUT2D eigenvalue weighted by molar-refractivity contribution is -0.132. The van der Waals surface area contributed by atoms with Crippen molar-refractivity contribution in [1.29, 1.82) is 0 Å². The highest BCUT2D eigenvalue weighted by Crippen LogP contribution is 2.21. The van der Waals surface area contributed by atoms with Crippen LogP contribution in [0.5, 0.6) is 0 Å². The average Bonchev–Trinajstić information content (AvgIpc) is 2.56. The van der Waals surface area contributed by atoms with Crippen LogP contribution in [0, 0.1) is 6.92 Å². The van der Waals surface area contributed by atoms with Gasteiger partial charge in [-0.05, 0) is 18.6 Å². The number of amides is 1. The zero-order valence-electron chi connectivity index (χ0n) is 12.2. The average molecular weight is 288 g/mol. The van der Waals surface area contributed by atoms with Gasteiger partial charge in [-0.25, -0.2) is 0 Å². The molecule has 0 atom stereocenters. The monoisotopic (exact) mass is 288 g/mol. The van der Waals surface area contributed by atoms with E-state index in [2.05, 4.69) is 30.0 Å². The van der Waals surface area contributed by atoms with Gasteiger partial charge in [0.15, 0.2) is 0 Å². The number of carbonyl (C=O) groups is 1. The van der Waals surface area contributed by atoms with Gasteiger partial charge >= 0.3 is 0 Å². The number of para-hydroxylation sites is 1. The second-order valence-corrected chi connectivity index (χ2v) is 5.27. The summed E-state index contributed by atoms with van der Waals surface area (Å²) in [4.78, 5) is 16.5. The molecule has 2 heterocycles. The molecule has 0 bridgehead atoms. The van der Waals surface area contributed by atoms with E-state index in [0.29, 0.717) is 32.1 Å². The molecule has 112 valence electrons. The van der Waals surface area contributed by atoms with E-state index in [0.717, 1.165) is 13.1 Å². The first-order valence-electron chi connectivity index (χ1n) is 7.30. The quantitative estimate of drug-likeness (QED) is 0.828. The third-order valence-electron chi connectivity index (χ3n) is 3.88. The number of ether oxygens (including phenoxy) is 2. The van der Waals surface area contributed by atoms with Gasteiger partial charge in [-0.2, -0.15) is 0 Å². The van der Waals surface area contributed by atoms with Crippen molar-refractivity contribution >= 4 is 11.6 Å². The van der Waals surface area contributed by atoms with Crippen molar-refractivity contribution in [3.05, 3.63) is 41.9 Å². The number of benzene rings is 1. The van der Waals surface area contributed by atoms with E-state index in [4.69, 9.17) is 9.47 Å². The minimum atomic E-state index is -0.0702. The molecule has 0 aliphatic carbocycles. The summed E-state index contributed by atoms with van der Waals surface area (Å²) >= 11 is 0. The number of rotatable bonds is 2. The molecule has 0 spiro atoms. The molecule has 0 aromatic heterocycles. The van der Waals surface area contributed by atoms with E-state index in [9.17, 15) is 4.79 Å². The minimum Gasteiger partial charge on any atom is -0.494 e. The summed E-state index contributed by atoms with van der Waals surface area (Å²) in [6, 6.07) is 8.35. The first-order valence-corrected chi connectivity index (χ1v) is 7.30. The van der Waals surface area contributed by atoms with Crippen molar-refractivity contribution in [2.75, 3.05) is 44.3 Å². The molecule has 0 radical (unpaired) electrons. The fourth-order valence-electron chi connectivity index (χ4n) is 2.71. The number of hydrogen-bond acceptors (Lipinski definition) is 4. The van der Waals surface area contributed by atoms with E-state index in [1.54, 1.807) is 0 Å². The van der Waals surface area contributed by atoms with Gasteiger partial charge in [0.1, 0.15) is 19.5 Å². The number of nitrogens with zero attached hydrogens (tertiary/aromatic N) is 2. The van der Waals surface area contributed by atoms with Gasteiger partial charge in [0.05, 0.1) is 0 Å². The van der Waals surface area contributed by atoms with Crippen molar-refractivity contribution in [3.8, 4) is 0 Å². The maximum Gasteiger partial charge on any atom is 0.292 e. The van der Waals surface area contributed by atoms with Crippen LogP contribution in [0.3, 0.4) is 0 Å². The lowest BCUT2D eigenvalue weighted by Crippen LogP contribution is -2.49. The molecule has 3 rings (SSSR count). The summed E-state index contributed by atoms with van der Waals surface area (Å²) in [6.07, 6.45) is 1.43. The van der Waals surface area contributed by atoms with Crippen LogP contribution in [0.4, 0.5) is 5.69 Å². The molecule has 1 saturated heterocycles. The van der Waals surface area contributed by atoms with Crippen molar-refractivity contribution < 1.29 is 14.3 Å². The number of carbonyl (C=O) groups excluding carboxylic acids is 1. The summed E-state index contributed by atoms with van der Waals surface area (Å²) in [5.74, 6) is 0.254. The largest absolute Gasteiger partial charge is 0.494 e. The van der Waals surface area contributed by atoms with E-state index in [1.165, 1.54) is 17.5 Å². The molecule has 0 unspecified atom stereocenters. The Kier molecular flexibility index (Phi) is 3.99. The van der Waals surface area contributed by atoms with Crippen molar-refractivity contribution in [2.45, 2.75) is 6.92 Å².